The molecule has 3 aromatic rings. The van der Waals surface area contributed by atoms with Gasteiger partial charge in [0.1, 0.15) is 0 Å². The maximum absolute atomic E-state index is 13.3. The first-order valence-electron chi connectivity index (χ1n) is 8.64. The van der Waals surface area contributed by atoms with E-state index < -0.39 is 23.3 Å². The number of benzene rings is 2. The van der Waals surface area contributed by atoms with Gasteiger partial charge in [0.2, 0.25) is 5.95 Å². The minimum absolute atomic E-state index is 0.108. The van der Waals surface area contributed by atoms with E-state index in [2.05, 4.69) is 10.3 Å². The van der Waals surface area contributed by atoms with E-state index in [1.54, 1.807) is 34.9 Å². The molecule has 0 saturated heterocycles. The first-order valence-corrected chi connectivity index (χ1v) is 8.64. The molecule has 0 unspecified atom stereocenters. The number of aromatic nitrogens is 2. The van der Waals surface area contributed by atoms with Gasteiger partial charge in [-0.15, -0.1) is 0 Å². The molecule has 3 rings (SSSR count). The van der Waals surface area contributed by atoms with E-state index >= 15 is 0 Å². The number of ether oxygens (including phenoxy) is 1. The summed E-state index contributed by atoms with van der Waals surface area (Å²) in [5, 5.41) is 12.2. The zero-order chi connectivity index (χ0) is 21.3. The lowest BCUT2D eigenvalue weighted by molar-refractivity contribution is -0.137. The fraction of sp³-hybridized carbons (Fsp3) is 0.250. The molecule has 0 spiro atoms. The molecule has 0 aliphatic heterocycles. The highest BCUT2D eigenvalue weighted by Gasteiger charge is 2.34. The molecule has 0 aliphatic rings. The molecule has 0 aliphatic carbocycles. The maximum atomic E-state index is 13.3. The highest BCUT2D eigenvalue weighted by atomic mass is 19.4. The summed E-state index contributed by atoms with van der Waals surface area (Å²) in [4.78, 5) is 16.0. The molecule has 29 heavy (non-hydrogen) atoms. The van der Waals surface area contributed by atoms with Crippen molar-refractivity contribution in [1.29, 1.82) is 5.26 Å². The van der Waals surface area contributed by atoms with Gasteiger partial charge in [-0.25, -0.2) is 9.78 Å². The third-order valence-corrected chi connectivity index (χ3v) is 4.31. The number of hydrogen-bond acceptors (Lipinski definition) is 5. The highest BCUT2D eigenvalue weighted by Crippen LogP contribution is 2.36. The summed E-state index contributed by atoms with van der Waals surface area (Å²) >= 11 is 0. The Hall–Kier alpha value is -3.54. The summed E-state index contributed by atoms with van der Waals surface area (Å²) in [6, 6.07) is 10.0. The largest absolute Gasteiger partial charge is 0.465 e. The molecular formula is C20H17F3N4O2. The smallest absolute Gasteiger partial charge is 0.417 e. The van der Waals surface area contributed by atoms with E-state index in [0.717, 1.165) is 6.07 Å². The van der Waals surface area contributed by atoms with Crippen molar-refractivity contribution in [3.05, 3.63) is 53.1 Å². The van der Waals surface area contributed by atoms with Gasteiger partial charge >= 0.3 is 12.1 Å². The van der Waals surface area contributed by atoms with Crippen LogP contribution in [-0.2, 0) is 10.9 Å². The first-order chi connectivity index (χ1) is 13.7. The number of halogens is 3. The molecule has 0 saturated carbocycles. The first kappa shape index (κ1) is 20.2. The minimum atomic E-state index is -4.66. The molecule has 0 amide bonds. The standard InChI is InChI=1S/C20H17F3N4O2/c1-11(2)27-17-8-13(10-24)15(20(21,22)23)9-16(17)26-19(27)25-14-6-4-5-12(7-14)18(28)29-3/h4-9,11H,1-3H3,(H,25,26). The molecule has 1 heterocycles. The average Bonchev–Trinajstić information content (AvgIpc) is 3.02. The molecule has 0 atom stereocenters. The SMILES string of the molecule is COC(=O)c1cccc(Nc2nc3cc(C(F)(F)F)c(C#N)cc3n2C(C)C)c1. The number of methoxy groups -OCH3 is 1. The Kier molecular flexibility index (Phi) is 5.20. The topological polar surface area (TPSA) is 79.9 Å². The lowest BCUT2D eigenvalue weighted by atomic mass is 10.1. The number of imidazole rings is 1. The number of nitrogens with zero attached hydrogens (tertiary/aromatic N) is 3. The fourth-order valence-electron chi connectivity index (χ4n) is 3.05. The molecule has 150 valence electrons. The lowest BCUT2D eigenvalue weighted by Crippen LogP contribution is -2.09. The van der Waals surface area contributed by atoms with Crippen molar-refractivity contribution in [2.45, 2.75) is 26.1 Å². The van der Waals surface area contributed by atoms with Crippen LogP contribution in [0.5, 0.6) is 0 Å². The normalized spacial score (nSPS) is 11.5. The molecule has 0 fully saturated rings. The maximum Gasteiger partial charge on any atom is 0.417 e. The number of alkyl halides is 3. The average molecular weight is 402 g/mol. The van der Waals surface area contributed by atoms with Gasteiger partial charge in [-0.3, -0.25) is 0 Å². The second kappa shape index (κ2) is 7.47. The van der Waals surface area contributed by atoms with Gasteiger partial charge < -0.3 is 14.6 Å². The number of carbonyl (C=O) groups excluding carboxylic acids is 1. The second-order valence-corrected chi connectivity index (χ2v) is 6.59. The van der Waals surface area contributed by atoms with Crippen LogP contribution in [0.25, 0.3) is 11.0 Å². The number of carbonyl (C=O) groups is 1. The van der Waals surface area contributed by atoms with Crippen molar-refractivity contribution >= 4 is 28.6 Å². The Labute approximate surface area is 164 Å². The number of fused-ring (bicyclic) bond motifs is 1. The molecule has 1 aromatic heterocycles. The van der Waals surface area contributed by atoms with E-state index in [1.165, 1.54) is 13.2 Å². The van der Waals surface area contributed by atoms with E-state index in [9.17, 15) is 23.2 Å². The van der Waals surface area contributed by atoms with Crippen LogP contribution in [-0.4, -0.2) is 22.6 Å². The number of hydrogen-bond donors (Lipinski definition) is 1. The van der Waals surface area contributed by atoms with Gasteiger partial charge in [-0.1, -0.05) is 6.07 Å². The van der Waals surface area contributed by atoms with Crippen LogP contribution in [0, 0.1) is 11.3 Å². The van der Waals surface area contributed by atoms with Crippen molar-refractivity contribution in [2.24, 2.45) is 0 Å². The van der Waals surface area contributed by atoms with E-state index in [4.69, 9.17) is 4.74 Å². The number of esters is 1. The summed E-state index contributed by atoms with van der Waals surface area (Å²) in [5.74, 6) is -0.222. The highest BCUT2D eigenvalue weighted by molar-refractivity contribution is 5.90. The van der Waals surface area contributed by atoms with Crippen LogP contribution in [0.3, 0.4) is 0 Å². The van der Waals surface area contributed by atoms with Crippen molar-refractivity contribution in [2.75, 3.05) is 12.4 Å². The van der Waals surface area contributed by atoms with Gasteiger partial charge in [0.05, 0.1) is 40.9 Å². The van der Waals surface area contributed by atoms with Crippen LogP contribution in [0.1, 0.15) is 41.4 Å². The molecule has 0 radical (unpaired) electrons. The quantitative estimate of drug-likeness (QED) is 0.619. The van der Waals surface area contributed by atoms with Crippen molar-refractivity contribution in [1.82, 2.24) is 9.55 Å². The zero-order valence-electron chi connectivity index (χ0n) is 15.8. The van der Waals surface area contributed by atoms with E-state index in [0.29, 0.717) is 22.7 Å². The van der Waals surface area contributed by atoms with E-state index in [-0.39, 0.29) is 11.6 Å². The van der Waals surface area contributed by atoms with Gasteiger partial charge in [-0.05, 0) is 44.2 Å². The third kappa shape index (κ3) is 3.87. The lowest BCUT2D eigenvalue weighted by Gasteiger charge is -2.15. The van der Waals surface area contributed by atoms with Crippen LogP contribution in [0.15, 0.2) is 36.4 Å². The van der Waals surface area contributed by atoms with Crippen molar-refractivity contribution < 1.29 is 22.7 Å². The Morgan fingerprint density at radius 2 is 2.00 bits per heavy atom. The predicted molar refractivity (Wildman–Crippen MR) is 101 cm³/mol. The Morgan fingerprint density at radius 3 is 2.59 bits per heavy atom. The van der Waals surface area contributed by atoms with Gasteiger partial charge in [0, 0.05) is 11.7 Å². The van der Waals surface area contributed by atoms with Gasteiger partial charge in [0.15, 0.2) is 0 Å². The van der Waals surface area contributed by atoms with Crippen LogP contribution >= 0.6 is 0 Å². The minimum Gasteiger partial charge on any atom is -0.465 e. The fourth-order valence-corrected chi connectivity index (χ4v) is 3.05. The van der Waals surface area contributed by atoms with Crippen LogP contribution in [0.4, 0.5) is 24.8 Å². The van der Waals surface area contributed by atoms with Crippen molar-refractivity contribution in [3.63, 3.8) is 0 Å². The molecule has 6 nitrogen and oxygen atoms in total. The molecule has 9 heteroatoms. The number of rotatable bonds is 4. The molecule has 1 N–H and O–H groups in total. The summed E-state index contributed by atoms with van der Waals surface area (Å²) in [7, 11) is 1.27. The number of nitrogens with one attached hydrogen (secondary N) is 1. The van der Waals surface area contributed by atoms with E-state index in [1.807, 2.05) is 13.8 Å². The monoisotopic (exact) mass is 402 g/mol. The van der Waals surface area contributed by atoms with Crippen LogP contribution in [0.2, 0.25) is 0 Å². The summed E-state index contributed by atoms with van der Waals surface area (Å²) in [6.07, 6.45) is -4.66. The van der Waals surface area contributed by atoms with Gasteiger partial charge in [0.25, 0.3) is 0 Å². The Morgan fingerprint density at radius 1 is 1.28 bits per heavy atom. The molecular weight excluding hydrogens is 385 g/mol. The summed E-state index contributed by atoms with van der Waals surface area (Å²) in [5.41, 5.74) is -0.156. The van der Waals surface area contributed by atoms with Crippen LogP contribution < -0.4 is 5.32 Å². The van der Waals surface area contributed by atoms with Gasteiger partial charge in [-0.2, -0.15) is 18.4 Å². The molecule has 0 bridgehead atoms. The molecule has 2 aromatic carbocycles. The predicted octanol–water partition coefficient (Wildman–Crippen LogP) is 5.04. The Balaban J connectivity index is 2.15. The number of anilines is 2. The number of nitriles is 1. The third-order valence-electron chi connectivity index (χ3n) is 4.31. The van der Waals surface area contributed by atoms with Crippen molar-refractivity contribution in [3.8, 4) is 6.07 Å². The summed E-state index contributed by atoms with van der Waals surface area (Å²) in [6.45, 7) is 3.70. The zero-order valence-corrected chi connectivity index (χ0v) is 15.8. The summed E-state index contributed by atoms with van der Waals surface area (Å²) < 4.78 is 46.2. The second-order valence-electron chi connectivity index (χ2n) is 6.59. The Bertz CT molecular complexity index is 1130.